The number of benzene rings is 2. The molecule has 0 fully saturated rings. The van der Waals surface area contributed by atoms with Crippen molar-refractivity contribution in [2.24, 2.45) is 0 Å². The maximum Gasteiger partial charge on any atom is 0.205 e. The highest BCUT2D eigenvalue weighted by atomic mass is 32.1. The molecule has 106 valence electrons. The highest BCUT2D eigenvalue weighted by Gasteiger charge is 2.13. The molecule has 0 bridgehead atoms. The number of ether oxygens (including phenoxy) is 1. The Labute approximate surface area is 128 Å². The van der Waals surface area contributed by atoms with Crippen molar-refractivity contribution >= 4 is 12.2 Å². The molecule has 5 heteroatoms. The smallest absolute Gasteiger partial charge is 0.205 e. The van der Waals surface area contributed by atoms with Crippen LogP contribution in [-0.2, 0) is 11.5 Å². The molecule has 0 spiro atoms. The van der Waals surface area contributed by atoms with Crippen LogP contribution in [0.25, 0.3) is 17.1 Å². The number of hydrogen-bond acceptors (Lipinski definition) is 3. The van der Waals surface area contributed by atoms with E-state index in [2.05, 4.69) is 5.10 Å². The van der Waals surface area contributed by atoms with E-state index in [0.29, 0.717) is 11.5 Å². The topological polar surface area (TPSA) is 32.0 Å². The Balaban J connectivity index is 2.24. The zero-order valence-electron chi connectivity index (χ0n) is 11.6. The molecule has 4 nitrogen and oxygen atoms in total. The van der Waals surface area contributed by atoms with E-state index in [9.17, 15) is 0 Å². The van der Waals surface area contributed by atoms with Crippen molar-refractivity contribution < 1.29 is 4.74 Å². The van der Waals surface area contributed by atoms with Gasteiger partial charge in [-0.1, -0.05) is 48.5 Å². The average Bonchev–Trinajstić information content (AvgIpc) is 2.86. The van der Waals surface area contributed by atoms with Crippen molar-refractivity contribution in [1.82, 2.24) is 14.3 Å². The van der Waals surface area contributed by atoms with E-state index in [1.54, 1.807) is 11.8 Å². The summed E-state index contributed by atoms with van der Waals surface area (Å²) in [5, 5.41) is 4.60. The predicted molar refractivity (Wildman–Crippen MR) is 84.8 cm³/mol. The number of hydrogen-bond donors (Lipinski definition) is 0. The standard InChI is InChI=1S/C16H15N3OS/c1-20-12-18-16(21)19(14-10-6-3-7-11-14)15(17-18)13-8-4-2-5-9-13/h2-11H,12H2,1H3. The van der Waals surface area contributed by atoms with Crippen LogP contribution >= 0.6 is 12.2 Å². The lowest BCUT2D eigenvalue weighted by molar-refractivity contribution is 0.119. The molecule has 0 atom stereocenters. The van der Waals surface area contributed by atoms with E-state index in [4.69, 9.17) is 17.0 Å². The lowest BCUT2D eigenvalue weighted by Gasteiger charge is -2.06. The number of nitrogens with zero attached hydrogens (tertiary/aromatic N) is 3. The number of methoxy groups -OCH3 is 1. The zero-order valence-corrected chi connectivity index (χ0v) is 12.5. The second kappa shape index (κ2) is 6.03. The fraction of sp³-hybridized carbons (Fsp3) is 0.125. The second-order valence-corrected chi connectivity index (χ2v) is 4.93. The van der Waals surface area contributed by atoms with Crippen molar-refractivity contribution in [2.75, 3.05) is 7.11 Å². The van der Waals surface area contributed by atoms with Gasteiger partial charge in [-0.15, -0.1) is 5.10 Å². The monoisotopic (exact) mass is 297 g/mol. The van der Waals surface area contributed by atoms with E-state index in [0.717, 1.165) is 17.1 Å². The maximum atomic E-state index is 5.54. The Morgan fingerprint density at radius 1 is 1.00 bits per heavy atom. The van der Waals surface area contributed by atoms with Crippen molar-refractivity contribution in [3.05, 3.63) is 65.4 Å². The van der Waals surface area contributed by atoms with Gasteiger partial charge < -0.3 is 4.74 Å². The lowest BCUT2D eigenvalue weighted by Crippen LogP contribution is -2.02. The normalized spacial score (nSPS) is 10.7. The Kier molecular flexibility index (Phi) is 3.94. The van der Waals surface area contributed by atoms with Crippen LogP contribution in [0.4, 0.5) is 0 Å². The molecule has 3 rings (SSSR count). The third-order valence-corrected chi connectivity index (χ3v) is 3.53. The molecule has 0 radical (unpaired) electrons. The van der Waals surface area contributed by atoms with E-state index >= 15 is 0 Å². The van der Waals surface area contributed by atoms with Crippen molar-refractivity contribution in [3.8, 4) is 17.1 Å². The predicted octanol–water partition coefficient (Wildman–Crippen LogP) is 3.67. The molecule has 0 saturated heterocycles. The molecule has 0 saturated carbocycles. The average molecular weight is 297 g/mol. The van der Waals surface area contributed by atoms with Gasteiger partial charge in [0.25, 0.3) is 0 Å². The van der Waals surface area contributed by atoms with Gasteiger partial charge in [-0.2, -0.15) is 0 Å². The second-order valence-electron chi connectivity index (χ2n) is 4.56. The SMILES string of the molecule is COCn1nc(-c2ccccc2)n(-c2ccccc2)c1=S. The van der Waals surface area contributed by atoms with Gasteiger partial charge in [0.15, 0.2) is 5.82 Å². The van der Waals surface area contributed by atoms with Gasteiger partial charge in [0.2, 0.25) is 4.77 Å². The molecule has 1 heterocycles. The van der Waals surface area contributed by atoms with Crippen LogP contribution in [0.15, 0.2) is 60.7 Å². The van der Waals surface area contributed by atoms with Gasteiger partial charge in [-0.3, -0.25) is 4.57 Å². The molecule has 0 unspecified atom stereocenters. The molecule has 0 aliphatic rings. The summed E-state index contributed by atoms with van der Waals surface area (Å²) < 4.78 is 9.43. The third-order valence-electron chi connectivity index (χ3n) is 3.14. The zero-order chi connectivity index (χ0) is 14.7. The molecule has 0 N–H and O–H groups in total. The molecule has 0 aliphatic heterocycles. The number of rotatable bonds is 4. The van der Waals surface area contributed by atoms with Gasteiger partial charge in [-0.25, -0.2) is 4.68 Å². The van der Waals surface area contributed by atoms with Crippen molar-refractivity contribution in [1.29, 1.82) is 0 Å². The summed E-state index contributed by atoms with van der Waals surface area (Å²) in [6.07, 6.45) is 0. The summed E-state index contributed by atoms with van der Waals surface area (Å²) in [5.74, 6) is 0.809. The molecule has 21 heavy (non-hydrogen) atoms. The Morgan fingerprint density at radius 3 is 2.24 bits per heavy atom. The Bertz CT molecular complexity index is 778. The van der Waals surface area contributed by atoms with Gasteiger partial charge in [-0.05, 0) is 24.4 Å². The van der Waals surface area contributed by atoms with Crippen LogP contribution in [0.2, 0.25) is 0 Å². The quantitative estimate of drug-likeness (QED) is 0.689. The maximum absolute atomic E-state index is 5.54. The highest BCUT2D eigenvalue weighted by Crippen LogP contribution is 2.22. The van der Waals surface area contributed by atoms with Crippen LogP contribution in [0.1, 0.15) is 0 Å². The molecule has 3 aromatic rings. The van der Waals surface area contributed by atoms with E-state index < -0.39 is 0 Å². The van der Waals surface area contributed by atoms with Crippen molar-refractivity contribution in [3.63, 3.8) is 0 Å². The van der Waals surface area contributed by atoms with Crippen molar-refractivity contribution in [2.45, 2.75) is 6.73 Å². The first kappa shape index (κ1) is 13.7. The molecule has 0 aliphatic carbocycles. The lowest BCUT2D eigenvalue weighted by atomic mass is 10.2. The molecule has 2 aromatic carbocycles. The minimum Gasteiger partial charge on any atom is -0.362 e. The number of para-hydroxylation sites is 1. The molecule has 0 amide bonds. The van der Waals surface area contributed by atoms with Crippen LogP contribution in [0.3, 0.4) is 0 Å². The molecular formula is C16H15N3OS. The van der Waals surface area contributed by atoms with Crippen LogP contribution in [0.5, 0.6) is 0 Å². The first-order valence-electron chi connectivity index (χ1n) is 6.61. The minimum absolute atomic E-state index is 0.332. The van der Waals surface area contributed by atoms with E-state index in [1.165, 1.54) is 0 Å². The first-order valence-corrected chi connectivity index (χ1v) is 7.01. The highest BCUT2D eigenvalue weighted by molar-refractivity contribution is 7.71. The first-order chi connectivity index (χ1) is 10.3. The summed E-state index contributed by atoms with van der Waals surface area (Å²) in [6.45, 7) is 0.332. The van der Waals surface area contributed by atoms with Gasteiger partial charge >= 0.3 is 0 Å². The summed E-state index contributed by atoms with van der Waals surface area (Å²) in [7, 11) is 1.63. The summed E-state index contributed by atoms with van der Waals surface area (Å²) >= 11 is 5.54. The van der Waals surface area contributed by atoms with Gasteiger partial charge in [0.1, 0.15) is 6.73 Å². The Hall–Kier alpha value is -2.24. The fourth-order valence-corrected chi connectivity index (χ4v) is 2.48. The van der Waals surface area contributed by atoms with Crippen LogP contribution < -0.4 is 0 Å². The van der Waals surface area contributed by atoms with Crippen LogP contribution in [-0.4, -0.2) is 21.5 Å². The summed E-state index contributed by atoms with van der Waals surface area (Å²) in [4.78, 5) is 0. The van der Waals surface area contributed by atoms with E-state index in [1.807, 2.05) is 65.2 Å². The molecule has 1 aromatic heterocycles. The van der Waals surface area contributed by atoms with Gasteiger partial charge in [0, 0.05) is 18.4 Å². The van der Waals surface area contributed by atoms with Gasteiger partial charge in [0.05, 0.1) is 0 Å². The number of aromatic nitrogens is 3. The van der Waals surface area contributed by atoms with E-state index in [-0.39, 0.29) is 0 Å². The molecular weight excluding hydrogens is 282 g/mol. The third kappa shape index (κ3) is 2.66. The summed E-state index contributed by atoms with van der Waals surface area (Å²) in [5.41, 5.74) is 2.01. The minimum atomic E-state index is 0.332. The largest absolute Gasteiger partial charge is 0.362 e. The Morgan fingerprint density at radius 2 is 1.62 bits per heavy atom. The fourth-order valence-electron chi connectivity index (χ4n) is 2.20. The van der Waals surface area contributed by atoms with Crippen LogP contribution in [0, 0.1) is 4.77 Å². The summed E-state index contributed by atoms with van der Waals surface area (Å²) in [6, 6.07) is 20.0.